The first-order valence-corrected chi connectivity index (χ1v) is 7.73. The number of benzene rings is 2. The maximum absolute atomic E-state index is 13.2. The lowest BCUT2D eigenvalue weighted by Gasteiger charge is -2.11. The molecular formula is C19H15FN2O4. The van der Waals surface area contributed by atoms with Crippen LogP contribution < -0.4 is 10.1 Å². The number of fused-ring (bicyclic) bond motifs is 1. The van der Waals surface area contributed by atoms with Crippen molar-refractivity contribution in [2.75, 3.05) is 19.0 Å². The summed E-state index contributed by atoms with van der Waals surface area (Å²) in [5.74, 6) is -1.20. The van der Waals surface area contributed by atoms with Crippen LogP contribution in [0.3, 0.4) is 0 Å². The zero-order valence-electron chi connectivity index (χ0n) is 13.9. The second-order valence-corrected chi connectivity index (χ2v) is 5.36. The quantitative estimate of drug-likeness (QED) is 0.712. The predicted octanol–water partition coefficient (Wildman–Crippen LogP) is 3.18. The number of nitrogens with one attached hydrogen (secondary N) is 1. The van der Waals surface area contributed by atoms with Gasteiger partial charge in [0.2, 0.25) is 0 Å². The molecule has 1 N–H and O–H groups in total. The minimum Gasteiger partial charge on any atom is -0.483 e. The average Bonchev–Trinajstić information content (AvgIpc) is 2.65. The van der Waals surface area contributed by atoms with E-state index >= 15 is 0 Å². The number of methoxy groups -OCH3 is 1. The molecule has 0 radical (unpaired) electrons. The topological polar surface area (TPSA) is 77.5 Å². The van der Waals surface area contributed by atoms with Gasteiger partial charge in [0, 0.05) is 17.1 Å². The van der Waals surface area contributed by atoms with Crippen molar-refractivity contribution in [3.05, 3.63) is 66.1 Å². The SMILES string of the molecule is COC(=O)c1cc(OCC(=O)Nc2cccc(F)c2)c2ccccc2n1. The van der Waals surface area contributed by atoms with E-state index in [1.54, 1.807) is 30.3 Å². The van der Waals surface area contributed by atoms with E-state index in [0.717, 1.165) is 0 Å². The Morgan fingerprint density at radius 3 is 2.69 bits per heavy atom. The van der Waals surface area contributed by atoms with Crippen LogP contribution in [0.1, 0.15) is 10.5 Å². The molecule has 0 aliphatic carbocycles. The lowest BCUT2D eigenvalue weighted by molar-refractivity contribution is -0.118. The van der Waals surface area contributed by atoms with Gasteiger partial charge in [0.15, 0.2) is 12.3 Å². The third kappa shape index (κ3) is 3.94. The van der Waals surface area contributed by atoms with Crippen LogP contribution in [0.15, 0.2) is 54.6 Å². The summed E-state index contributed by atoms with van der Waals surface area (Å²) < 4.78 is 23.4. The number of carbonyl (C=O) groups excluding carboxylic acids is 2. The Kier molecular flexibility index (Phi) is 5.07. The van der Waals surface area contributed by atoms with Gasteiger partial charge in [-0.15, -0.1) is 0 Å². The number of aromatic nitrogens is 1. The number of nitrogens with zero attached hydrogens (tertiary/aromatic N) is 1. The summed E-state index contributed by atoms with van der Waals surface area (Å²) >= 11 is 0. The molecule has 0 atom stereocenters. The fourth-order valence-electron chi connectivity index (χ4n) is 2.38. The number of hydrogen-bond donors (Lipinski definition) is 1. The van der Waals surface area contributed by atoms with Crippen molar-refractivity contribution in [1.82, 2.24) is 4.98 Å². The summed E-state index contributed by atoms with van der Waals surface area (Å²) in [4.78, 5) is 28.0. The largest absolute Gasteiger partial charge is 0.483 e. The van der Waals surface area contributed by atoms with Gasteiger partial charge in [-0.1, -0.05) is 18.2 Å². The highest BCUT2D eigenvalue weighted by Gasteiger charge is 2.14. The third-order valence-corrected chi connectivity index (χ3v) is 3.54. The molecule has 1 aromatic heterocycles. The van der Waals surface area contributed by atoms with Gasteiger partial charge in [-0.2, -0.15) is 0 Å². The van der Waals surface area contributed by atoms with Crippen LogP contribution in [0, 0.1) is 5.82 Å². The van der Waals surface area contributed by atoms with E-state index in [4.69, 9.17) is 4.74 Å². The van der Waals surface area contributed by atoms with Crippen LogP contribution in [-0.2, 0) is 9.53 Å². The Morgan fingerprint density at radius 1 is 1.12 bits per heavy atom. The fourth-order valence-corrected chi connectivity index (χ4v) is 2.38. The summed E-state index contributed by atoms with van der Waals surface area (Å²) in [5, 5.41) is 3.19. The summed E-state index contributed by atoms with van der Waals surface area (Å²) in [6.07, 6.45) is 0. The van der Waals surface area contributed by atoms with Crippen LogP contribution in [0.4, 0.5) is 10.1 Å². The van der Waals surface area contributed by atoms with Gasteiger partial charge < -0.3 is 14.8 Å². The first-order chi connectivity index (χ1) is 12.6. The number of carbonyl (C=O) groups is 2. The van der Waals surface area contributed by atoms with Crippen molar-refractivity contribution in [1.29, 1.82) is 0 Å². The molecule has 26 heavy (non-hydrogen) atoms. The minimum absolute atomic E-state index is 0.0757. The van der Waals surface area contributed by atoms with Crippen LogP contribution in [0.25, 0.3) is 10.9 Å². The smallest absolute Gasteiger partial charge is 0.356 e. The third-order valence-electron chi connectivity index (χ3n) is 3.54. The Balaban J connectivity index is 1.79. The Labute approximate surface area is 148 Å². The van der Waals surface area contributed by atoms with Gasteiger partial charge in [0.1, 0.15) is 11.6 Å². The molecule has 0 unspecified atom stereocenters. The van der Waals surface area contributed by atoms with E-state index in [2.05, 4.69) is 15.0 Å². The zero-order valence-corrected chi connectivity index (χ0v) is 13.9. The lowest BCUT2D eigenvalue weighted by Crippen LogP contribution is -2.20. The molecular weight excluding hydrogens is 339 g/mol. The summed E-state index contributed by atoms with van der Waals surface area (Å²) in [6, 6.07) is 14.0. The van der Waals surface area contributed by atoms with E-state index in [0.29, 0.717) is 22.3 Å². The first-order valence-electron chi connectivity index (χ1n) is 7.73. The number of para-hydroxylation sites is 1. The molecule has 0 saturated carbocycles. The van der Waals surface area contributed by atoms with Crippen LogP contribution in [-0.4, -0.2) is 30.6 Å². The van der Waals surface area contributed by atoms with E-state index in [1.165, 1.54) is 31.4 Å². The number of amides is 1. The second kappa shape index (κ2) is 7.60. The summed E-state index contributed by atoms with van der Waals surface area (Å²) in [7, 11) is 1.26. The standard InChI is InChI=1S/C19H15FN2O4/c1-25-19(24)16-10-17(14-7-2-3-8-15(14)22-16)26-11-18(23)21-13-6-4-5-12(20)9-13/h2-10H,11H2,1H3,(H,21,23). The van der Waals surface area contributed by atoms with Gasteiger partial charge in [0.25, 0.3) is 5.91 Å². The number of anilines is 1. The average molecular weight is 354 g/mol. The molecule has 0 aliphatic rings. The fraction of sp³-hybridized carbons (Fsp3) is 0.105. The zero-order chi connectivity index (χ0) is 18.5. The van der Waals surface area contributed by atoms with Crippen LogP contribution >= 0.6 is 0 Å². The van der Waals surface area contributed by atoms with E-state index in [-0.39, 0.29) is 12.3 Å². The number of esters is 1. The number of rotatable bonds is 5. The van der Waals surface area contributed by atoms with E-state index in [1.807, 2.05) is 0 Å². The molecule has 3 aromatic rings. The highest BCUT2D eigenvalue weighted by atomic mass is 19.1. The molecule has 6 nitrogen and oxygen atoms in total. The number of pyridine rings is 1. The van der Waals surface area contributed by atoms with Gasteiger partial charge in [0.05, 0.1) is 12.6 Å². The molecule has 0 aliphatic heterocycles. The highest BCUT2D eigenvalue weighted by molar-refractivity contribution is 5.95. The van der Waals surface area contributed by atoms with Gasteiger partial charge in [-0.3, -0.25) is 4.79 Å². The van der Waals surface area contributed by atoms with Crippen LogP contribution in [0.2, 0.25) is 0 Å². The summed E-state index contributed by atoms with van der Waals surface area (Å²) in [6.45, 7) is -0.314. The Hall–Kier alpha value is -3.48. The van der Waals surface area contributed by atoms with Crippen molar-refractivity contribution in [2.45, 2.75) is 0 Å². The summed E-state index contributed by atoms with van der Waals surface area (Å²) in [5.41, 5.74) is 0.941. The van der Waals surface area contributed by atoms with Gasteiger partial charge in [-0.05, 0) is 30.3 Å². The molecule has 0 spiro atoms. The van der Waals surface area contributed by atoms with Crippen molar-refractivity contribution in [3.63, 3.8) is 0 Å². The molecule has 3 rings (SSSR count). The number of hydrogen-bond acceptors (Lipinski definition) is 5. The Bertz CT molecular complexity index is 975. The monoisotopic (exact) mass is 354 g/mol. The van der Waals surface area contributed by atoms with Crippen LogP contribution in [0.5, 0.6) is 5.75 Å². The molecule has 132 valence electrons. The molecule has 0 saturated heterocycles. The lowest BCUT2D eigenvalue weighted by atomic mass is 10.2. The Morgan fingerprint density at radius 2 is 1.92 bits per heavy atom. The van der Waals surface area contributed by atoms with Gasteiger partial charge >= 0.3 is 5.97 Å². The molecule has 1 heterocycles. The van der Waals surface area contributed by atoms with Gasteiger partial charge in [-0.25, -0.2) is 14.2 Å². The molecule has 7 heteroatoms. The van der Waals surface area contributed by atoms with E-state index in [9.17, 15) is 14.0 Å². The van der Waals surface area contributed by atoms with Crippen molar-refractivity contribution in [3.8, 4) is 5.75 Å². The number of ether oxygens (including phenoxy) is 2. The second-order valence-electron chi connectivity index (χ2n) is 5.36. The molecule has 1 amide bonds. The van der Waals surface area contributed by atoms with Crippen molar-refractivity contribution >= 4 is 28.5 Å². The minimum atomic E-state index is -0.607. The first kappa shape index (κ1) is 17.3. The van der Waals surface area contributed by atoms with Crippen molar-refractivity contribution < 1.29 is 23.5 Å². The van der Waals surface area contributed by atoms with E-state index < -0.39 is 17.7 Å². The predicted molar refractivity (Wildman–Crippen MR) is 93.6 cm³/mol. The highest BCUT2D eigenvalue weighted by Crippen LogP contribution is 2.25. The van der Waals surface area contributed by atoms with Crippen molar-refractivity contribution in [2.24, 2.45) is 0 Å². The maximum Gasteiger partial charge on any atom is 0.356 e. The molecule has 0 bridgehead atoms. The molecule has 0 fully saturated rings. The normalized spacial score (nSPS) is 10.4. The molecule has 2 aromatic carbocycles. The number of halogens is 1. The maximum atomic E-state index is 13.2.